The summed E-state index contributed by atoms with van der Waals surface area (Å²) < 4.78 is 0. The maximum absolute atomic E-state index is 12.0. The van der Waals surface area contributed by atoms with Gasteiger partial charge in [0.2, 0.25) is 5.91 Å². The number of rotatable bonds is 5. The zero-order valence-electron chi connectivity index (χ0n) is 12.2. The van der Waals surface area contributed by atoms with Crippen LogP contribution in [0.5, 0.6) is 0 Å². The summed E-state index contributed by atoms with van der Waals surface area (Å²) in [6, 6.07) is 7.07. The van der Waals surface area contributed by atoms with E-state index in [1.54, 1.807) is 18.2 Å². The summed E-state index contributed by atoms with van der Waals surface area (Å²) in [5.74, 6) is 0.356. The lowest BCUT2D eigenvalue weighted by atomic mass is 10.1. The molecule has 1 aromatic rings. The highest BCUT2D eigenvalue weighted by molar-refractivity contribution is 6.04. The Morgan fingerprint density at radius 1 is 1.38 bits per heavy atom. The van der Waals surface area contributed by atoms with E-state index in [-0.39, 0.29) is 24.1 Å². The molecule has 6 heteroatoms. The van der Waals surface area contributed by atoms with Gasteiger partial charge in [-0.25, -0.2) is 0 Å². The highest BCUT2D eigenvalue weighted by Gasteiger charge is 2.23. The van der Waals surface area contributed by atoms with Gasteiger partial charge < -0.3 is 11.1 Å². The molecule has 1 aliphatic heterocycles. The van der Waals surface area contributed by atoms with Gasteiger partial charge in [-0.15, -0.1) is 12.4 Å². The van der Waals surface area contributed by atoms with Crippen molar-refractivity contribution in [2.75, 3.05) is 31.5 Å². The normalized spacial score (nSPS) is 18.1. The number of hydrogen-bond acceptors (Lipinski definition) is 4. The Morgan fingerprint density at radius 3 is 2.71 bits per heavy atom. The fourth-order valence-corrected chi connectivity index (χ4v) is 2.54. The number of ketones is 1. The number of amides is 1. The Balaban J connectivity index is 0.00000220. The molecule has 3 N–H and O–H groups in total. The van der Waals surface area contributed by atoms with Crippen molar-refractivity contribution in [3.63, 3.8) is 0 Å². The summed E-state index contributed by atoms with van der Waals surface area (Å²) in [5, 5.41) is 2.82. The van der Waals surface area contributed by atoms with Gasteiger partial charge in [-0.05, 0) is 44.5 Å². The first kappa shape index (κ1) is 17.6. The van der Waals surface area contributed by atoms with Gasteiger partial charge in [0.05, 0.1) is 12.2 Å². The molecular formula is C15H22ClN3O2. The van der Waals surface area contributed by atoms with E-state index >= 15 is 0 Å². The van der Waals surface area contributed by atoms with Crippen LogP contribution in [0, 0.1) is 5.92 Å². The topological polar surface area (TPSA) is 75.4 Å². The molecule has 116 valence electrons. The van der Waals surface area contributed by atoms with Gasteiger partial charge in [-0.1, -0.05) is 12.1 Å². The average Bonchev–Trinajstić information content (AvgIpc) is 2.86. The van der Waals surface area contributed by atoms with Crippen LogP contribution in [0.3, 0.4) is 0 Å². The van der Waals surface area contributed by atoms with E-state index < -0.39 is 0 Å². The third-order valence-corrected chi connectivity index (χ3v) is 3.65. The Hall–Kier alpha value is -1.43. The van der Waals surface area contributed by atoms with E-state index in [0.29, 0.717) is 30.3 Å². The number of carbonyl (C=O) groups excluding carboxylic acids is 2. The monoisotopic (exact) mass is 311 g/mol. The smallest absolute Gasteiger partial charge is 0.238 e. The second kappa shape index (κ2) is 8.12. The van der Waals surface area contributed by atoms with E-state index in [4.69, 9.17) is 5.73 Å². The standard InChI is InChI=1S/C15H21N3O2.ClH/c1-11(19)13-4-2-3-5-14(13)17-15(20)10-18-7-6-12(8-16)9-18;/h2-5,12H,6-10,16H2,1H3,(H,17,20);1H. The van der Waals surface area contributed by atoms with Crippen LogP contribution in [-0.4, -0.2) is 42.8 Å². The Bertz CT molecular complexity index is 507. The van der Waals surface area contributed by atoms with Crippen molar-refractivity contribution in [3.8, 4) is 0 Å². The SMILES string of the molecule is CC(=O)c1ccccc1NC(=O)CN1CCC(CN)C1.Cl. The summed E-state index contributed by atoms with van der Waals surface area (Å²) in [4.78, 5) is 25.6. The lowest BCUT2D eigenvalue weighted by Gasteiger charge is -2.16. The summed E-state index contributed by atoms with van der Waals surface area (Å²) in [5.41, 5.74) is 6.77. The second-order valence-electron chi connectivity index (χ2n) is 5.28. The average molecular weight is 312 g/mol. The Kier molecular flexibility index (Phi) is 6.81. The van der Waals surface area contributed by atoms with E-state index in [1.165, 1.54) is 6.92 Å². The predicted octanol–water partition coefficient (Wildman–Crippen LogP) is 1.53. The predicted molar refractivity (Wildman–Crippen MR) is 85.9 cm³/mol. The van der Waals surface area contributed by atoms with Crippen LogP contribution in [0.2, 0.25) is 0 Å². The van der Waals surface area contributed by atoms with Gasteiger partial charge in [0.15, 0.2) is 5.78 Å². The molecule has 1 aliphatic rings. The van der Waals surface area contributed by atoms with E-state index in [1.807, 2.05) is 6.07 Å². The first-order valence-corrected chi connectivity index (χ1v) is 6.92. The molecule has 0 bridgehead atoms. The lowest BCUT2D eigenvalue weighted by Crippen LogP contribution is -2.32. The van der Waals surface area contributed by atoms with Gasteiger partial charge in [0, 0.05) is 12.1 Å². The molecule has 0 aromatic heterocycles. The molecule has 1 fully saturated rings. The zero-order valence-corrected chi connectivity index (χ0v) is 13.0. The van der Waals surface area contributed by atoms with Crippen molar-refractivity contribution in [1.82, 2.24) is 4.90 Å². The number of Topliss-reactive ketones (excluding diaryl/α,β-unsaturated/α-hetero) is 1. The van der Waals surface area contributed by atoms with E-state index in [0.717, 1.165) is 19.5 Å². The number of hydrogen-bond donors (Lipinski definition) is 2. The van der Waals surface area contributed by atoms with Crippen molar-refractivity contribution < 1.29 is 9.59 Å². The van der Waals surface area contributed by atoms with Crippen LogP contribution in [0.4, 0.5) is 5.69 Å². The summed E-state index contributed by atoms with van der Waals surface area (Å²) >= 11 is 0. The van der Waals surface area contributed by atoms with Crippen LogP contribution >= 0.6 is 12.4 Å². The number of halogens is 1. The van der Waals surface area contributed by atoms with Crippen molar-refractivity contribution in [3.05, 3.63) is 29.8 Å². The number of carbonyl (C=O) groups is 2. The number of benzene rings is 1. The van der Waals surface area contributed by atoms with Crippen LogP contribution in [0.15, 0.2) is 24.3 Å². The molecule has 1 amide bonds. The summed E-state index contributed by atoms with van der Waals surface area (Å²) in [6.07, 6.45) is 1.05. The highest BCUT2D eigenvalue weighted by atomic mass is 35.5. The zero-order chi connectivity index (χ0) is 14.5. The van der Waals surface area contributed by atoms with Crippen molar-refractivity contribution in [2.45, 2.75) is 13.3 Å². The van der Waals surface area contributed by atoms with Gasteiger partial charge >= 0.3 is 0 Å². The molecule has 1 unspecified atom stereocenters. The molecule has 2 rings (SSSR count). The minimum Gasteiger partial charge on any atom is -0.330 e. The molecule has 0 spiro atoms. The van der Waals surface area contributed by atoms with Crippen LogP contribution in [-0.2, 0) is 4.79 Å². The molecular weight excluding hydrogens is 290 g/mol. The molecule has 0 saturated carbocycles. The van der Waals surface area contributed by atoms with Gasteiger partial charge in [0.1, 0.15) is 0 Å². The quantitative estimate of drug-likeness (QED) is 0.809. The summed E-state index contributed by atoms with van der Waals surface area (Å²) in [6.45, 7) is 4.30. The Morgan fingerprint density at radius 2 is 2.10 bits per heavy atom. The number of nitrogens with zero attached hydrogens (tertiary/aromatic N) is 1. The van der Waals surface area contributed by atoms with Gasteiger partial charge in [-0.3, -0.25) is 14.5 Å². The van der Waals surface area contributed by atoms with Crippen molar-refractivity contribution in [2.24, 2.45) is 11.7 Å². The number of anilines is 1. The second-order valence-corrected chi connectivity index (χ2v) is 5.28. The number of para-hydroxylation sites is 1. The fourth-order valence-electron chi connectivity index (χ4n) is 2.54. The maximum Gasteiger partial charge on any atom is 0.238 e. The first-order valence-electron chi connectivity index (χ1n) is 6.92. The first-order chi connectivity index (χ1) is 9.60. The number of nitrogens with two attached hydrogens (primary N) is 1. The molecule has 1 heterocycles. The van der Waals surface area contributed by atoms with E-state index in [9.17, 15) is 9.59 Å². The minimum absolute atomic E-state index is 0. The molecule has 0 radical (unpaired) electrons. The van der Waals surface area contributed by atoms with Gasteiger partial charge in [0.25, 0.3) is 0 Å². The Labute approximate surface area is 131 Å². The van der Waals surface area contributed by atoms with Crippen LogP contribution in [0.1, 0.15) is 23.7 Å². The molecule has 5 nitrogen and oxygen atoms in total. The molecule has 1 atom stereocenters. The molecule has 1 saturated heterocycles. The summed E-state index contributed by atoms with van der Waals surface area (Å²) in [7, 11) is 0. The van der Waals surface area contributed by atoms with Gasteiger partial charge in [-0.2, -0.15) is 0 Å². The third-order valence-electron chi connectivity index (χ3n) is 3.65. The van der Waals surface area contributed by atoms with Crippen LogP contribution in [0.25, 0.3) is 0 Å². The largest absolute Gasteiger partial charge is 0.330 e. The molecule has 0 aliphatic carbocycles. The van der Waals surface area contributed by atoms with Crippen molar-refractivity contribution in [1.29, 1.82) is 0 Å². The fraction of sp³-hybridized carbons (Fsp3) is 0.467. The molecule has 1 aromatic carbocycles. The number of nitrogens with one attached hydrogen (secondary N) is 1. The van der Waals surface area contributed by atoms with Crippen LogP contribution < -0.4 is 11.1 Å². The van der Waals surface area contributed by atoms with Crippen molar-refractivity contribution >= 4 is 29.8 Å². The maximum atomic E-state index is 12.0. The third kappa shape index (κ3) is 4.81. The van der Waals surface area contributed by atoms with E-state index in [2.05, 4.69) is 10.2 Å². The number of likely N-dealkylation sites (tertiary alicyclic amines) is 1. The lowest BCUT2D eigenvalue weighted by molar-refractivity contribution is -0.117. The highest BCUT2D eigenvalue weighted by Crippen LogP contribution is 2.17. The minimum atomic E-state index is -0.0867. The molecule has 21 heavy (non-hydrogen) atoms.